The topological polar surface area (TPSA) is 53.4 Å². The Kier molecular flexibility index (Phi) is 4.72. The Hall–Kier alpha value is -1.40. The molecule has 1 aliphatic heterocycles. The second kappa shape index (κ2) is 6.51. The number of imidazole rings is 1. The third-order valence-corrected chi connectivity index (χ3v) is 3.34. The van der Waals surface area contributed by atoms with Gasteiger partial charge in [-0.05, 0) is 0 Å². The number of carbonyl (C=O) groups excluding carboxylic acids is 1. The van der Waals surface area contributed by atoms with Crippen molar-refractivity contribution in [1.82, 2.24) is 24.7 Å². The van der Waals surface area contributed by atoms with Gasteiger partial charge in [0, 0.05) is 58.7 Å². The molecule has 0 spiro atoms. The molecule has 0 radical (unpaired) electrons. The molecular weight excluding hydrogens is 230 g/mol. The van der Waals surface area contributed by atoms with E-state index in [2.05, 4.69) is 24.7 Å². The van der Waals surface area contributed by atoms with Crippen LogP contribution in [-0.4, -0.2) is 71.6 Å². The van der Waals surface area contributed by atoms with E-state index in [1.165, 1.54) is 0 Å². The summed E-state index contributed by atoms with van der Waals surface area (Å²) >= 11 is 0. The Morgan fingerprint density at radius 3 is 2.56 bits per heavy atom. The van der Waals surface area contributed by atoms with Crippen LogP contribution in [-0.2, 0) is 11.3 Å². The Morgan fingerprint density at radius 2 is 1.94 bits per heavy atom. The van der Waals surface area contributed by atoms with Gasteiger partial charge in [-0.3, -0.25) is 14.6 Å². The molecule has 0 unspecified atom stereocenters. The van der Waals surface area contributed by atoms with Crippen molar-refractivity contribution in [1.29, 1.82) is 0 Å². The smallest absolute Gasteiger partial charge is 0.233 e. The number of amides is 1. The van der Waals surface area contributed by atoms with Gasteiger partial charge >= 0.3 is 0 Å². The highest BCUT2D eigenvalue weighted by Gasteiger charge is 2.17. The quantitative estimate of drug-likeness (QED) is 0.748. The lowest BCUT2D eigenvalue weighted by atomic mass is 10.3. The fraction of sp³-hybridized carbons (Fsp3) is 0.667. The number of hydrogen-bond acceptors (Lipinski definition) is 4. The summed E-state index contributed by atoms with van der Waals surface area (Å²) < 4.78 is 2.09. The molecule has 1 aromatic heterocycles. The molecule has 1 N–H and O–H groups in total. The number of rotatable bonds is 5. The van der Waals surface area contributed by atoms with E-state index in [0.29, 0.717) is 6.54 Å². The maximum atomic E-state index is 11.3. The highest BCUT2D eigenvalue weighted by Crippen LogP contribution is 2.01. The van der Waals surface area contributed by atoms with Crippen LogP contribution in [0.3, 0.4) is 0 Å². The molecule has 0 atom stereocenters. The number of aromatic nitrogens is 2. The summed E-state index contributed by atoms with van der Waals surface area (Å²) in [6.45, 7) is 6.55. The molecule has 1 aromatic rings. The molecule has 1 amide bonds. The molecule has 1 fully saturated rings. The van der Waals surface area contributed by atoms with Crippen LogP contribution in [0.2, 0.25) is 0 Å². The van der Waals surface area contributed by atoms with E-state index in [0.717, 1.165) is 39.3 Å². The van der Waals surface area contributed by atoms with Crippen LogP contribution in [0, 0.1) is 0 Å². The van der Waals surface area contributed by atoms with Gasteiger partial charge in [0.05, 0.1) is 12.9 Å². The molecule has 0 bridgehead atoms. The number of hydrogen-bond donors (Lipinski definition) is 1. The minimum atomic E-state index is 0.0989. The van der Waals surface area contributed by atoms with Crippen molar-refractivity contribution < 1.29 is 4.79 Å². The second-order valence-electron chi connectivity index (χ2n) is 4.59. The molecule has 6 heteroatoms. The maximum absolute atomic E-state index is 11.3. The van der Waals surface area contributed by atoms with Gasteiger partial charge in [-0.15, -0.1) is 0 Å². The van der Waals surface area contributed by atoms with Gasteiger partial charge in [0.25, 0.3) is 0 Å². The van der Waals surface area contributed by atoms with Crippen LogP contribution in [0.15, 0.2) is 18.7 Å². The van der Waals surface area contributed by atoms with Gasteiger partial charge in [-0.2, -0.15) is 0 Å². The molecule has 18 heavy (non-hydrogen) atoms. The molecule has 0 aliphatic carbocycles. The Bertz CT molecular complexity index is 357. The van der Waals surface area contributed by atoms with Crippen LogP contribution in [0.4, 0.5) is 0 Å². The number of carbonyl (C=O) groups is 1. The molecule has 0 saturated carbocycles. The fourth-order valence-electron chi connectivity index (χ4n) is 2.13. The third kappa shape index (κ3) is 3.82. The molecule has 2 rings (SSSR count). The molecule has 100 valence electrons. The molecular formula is C12H21N5O. The molecule has 1 aliphatic rings. The molecule has 1 saturated heterocycles. The van der Waals surface area contributed by atoms with Crippen molar-refractivity contribution in [3.8, 4) is 0 Å². The van der Waals surface area contributed by atoms with E-state index in [9.17, 15) is 4.79 Å². The lowest BCUT2D eigenvalue weighted by Gasteiger charge is -2.34. The van der Waals surface area contributed by atoms with Gasteiger partial charge in [-0.1, -0.05) is 0 Å². The van der Waals surface area contributed by atoms with Crippen molar-refractivity contribution in [3.05, 3.63) is 18.7 Å². The van der Waals surface area contributed by atoms with Crippen LogP contribution >= 0.6 is 0 Å². The van der Waals surface area contributed by atoms with Crippen molar-refractivity contribution in [2.24, 2.45) is 0 Å². The zero-order valence-corrected chi connectivity index (χ0v) is 10.9. The predicted molar refractivity (Wildman–Crippen MR) is 69.2 cm³/mol. The first-order chi connectivity index (χ1) is 8.78. The zero-order chi connectivity index (χ0) is 12.8. The molecule has 6 nitrogen and oxygen atoms in total. The first-order valence-electron chi connectivity index (χ1n) is 6.39. The van der Waals surface area contributed by atoms with E-state index in [1.807, 2.05) is 12.5 Å². The normalized spacial score (nSPS) is 17.8. The Morgan fingerprint density at radius 1 is 1.22 bits per heavy atom. The summed E-state index contributed by atoms with van der Waals surface area (Å²) in [6, 6.07) is 0. The van der Waals surface area contributed by atoms with Crippen LogP contribution in [0.5, 0.6) is 0 Å². The lowest BCUT2D eigenvalue weighted by Crippen LogP contribution is -2.49. The van der Waals surface area contributed by atoms with Crippen molar-refractivity contribution >= 4 is 5.91 Å². The van der Waals surface area contributed by atoms with Crippen LogP contribution in [0.25, 0.3) is 0 Å². The van der Waals surface area contributed by atoms with Crippen molar-refractivity contribution in [2.75, 3.05) is 46.3 Å². The van der Waals surface area contributed by atoms with Gasteiger partial charge in [0.1, 0.15) is 0 Å². The first-order valence-corrected chi connectivity index (χ1v) is 6.39. The summed E-state index contributed by atoms with van der Waals surface area (Å²) in [5.74, 6) is 0.0989. The average molecular weight is 251 g/mol. The van der Waals surface area contributed by atoms with Crippen LogP contribution in [0.1, 0.15) is 0 Å². The molecule has 0 aromatic carbocycles. The van der Waals surface area contributed by atoms with E-state index in [-0.39, 0.29) is 5.91 Å². The summed E-state index contributed by atoms with van der Waals surface area (Å²) in [6.07, 6.45) is 5.64. The third-order valence-electron chi connectivity index (χ3n) is 3.34. The van der Waals surface area contributed by atoms with Gasteiger partial charge in [0.15, 0.2) is 0 Å². The fourth-order valence-corrected chi connectivity index (χ4v) is 2.13. The van der Waals surface area contributed by atoms with E-state index < -0.39 is 0 Å². The van der Waals surface area contributed by atoms with Gasteiger partial charge < -0.3 is 9.88 Å². The maximum Gasteiger partial charge on any atom is 0.233 e. The lowest BCUT2D eigenvalue weighted by molar-refractivity contribution is -0.122. The summed E-state index contributed by atoms with van der Waals surface area (Å²) in [7, 11) is 1.68. The van der Waals surface area contributed by atoms with E-state index in [4.69, 9.17) is 0 Å². The average Bonchev–Trinajstić information content (AvgIpc) is 2.91. The highest BCUT2D eigenvalue weighted by molar-refractivity contribution is 5.77. The monoisotopic (exact) mass is 251 g/mol. The number of likely N-dealkylation sites (N-methyl/N-ethyl adjacent to an activating group) is 1. The van der Waals surface area contributed by atoms with Crippen LogP contribution < -0.4 is 5.32 Å². The minimum absolute atomic E-state index is 0.0989. The largest absolute Gasteiger partial charge is 0.358 e. The minimum Gasteiger partial charge on any atom is -0.358 e. The Labute approximate surface area is 108 Å². The first kappa shape index (κ1) is 13.0. The summed E-state index contributed by atoms with van der Waals surface area (Å²) in [4.78, 5) is 19.9. The summed E-state index contributed by atoms with van der Waals surface area (Å²) in [5.41, 5.74) is 0. The standard InChI is InChI=1S/C12H21N5O/c1-13-12(18)10-16-7-4-15(5-8-16)6-9-17-3-2-14-11-17/h2-3,11H,4-10H2,1H3,(H,13,18). The molecule has 2 heterocycles. The van der Waals surface area contributed by atoms with E-state index in [1.54, 1.807) is 13.2 Å². The van der Waals surface area contributed by atoms with Gasteiger partial charge in [-0.25, -0.2) is 4.98 Å². The number of nitrogens with zero attached hydrogens (tertiary/aromatic N) is 4. The van der Waals surface area contributed by atoms with E-state index >= 15 is 0 Å². The number of nitrogens with one attached hydrogen (secondary N) is 1. The summed E-state index contributed by atoms with van der Waals surface area (Å²) in [5, 5.41) is 2.66. The highest BCUT2D eigenvalue weighted by atomic mass is 16.1. The zero-order valence-electron chi connectivity index (χ0n) is 10.9. The number of piperazine rings is 1. The Balaban J connectivity index is 1.65. The second-order valence-corrected chi connectivity index (χ2v) is 4.59. The van der Waals surface area contributed by atoms with Gasteiger partial charge in [0.2, 0.25) is 5.91 Å². The van der Waals surface area contributed by atoms with Crippen molar-refractivity contribution in [3.63, 3.8) is 0 Å². The predicted octanol–water partition coefficient (Wildman–Crippen LogP) is -0.753. The SMILES string of the molecule is CNC(=O)CN1CCN(CCn2ccnc2)CC1. The van der Waals surface area contributed by atoms with Crippen molar-refractivity contribution in [2.45, 2.75) is 6.54 Å².